The van der Waals surface area contributed by atoms with E-state index in [0.717, 1.165) is 62.2 Å². The summed E-state index contributed by atoms with van der Waals surface area (Å²) < 4.78 is 2.23. The Kier molecular flexibility index (Phi) is 4.75. The molecule has 1 fully saturated rings. The lowest BCUT2D eigenvalue weighted by atomic mass is 9.89. The summed E-state index contributed by atoms with van der Waals surface area (Å²) in [6.07, 6.45) is 12.3. The molecule has 0 radical (unpaired) electrons. The summed E-state index contributed by atoms with van der Waals surface area (Å²) in [4.78, 5) is 21.3. The second-order valence-electron chi connectivity index (χ2n) is 7.04. The molecule has 1 N–H and O–H groups in total. The minimum absolute atomic E-state index is 0.0794. The summed E-state index contributed by atoms with van der Waals surface area (Å²) >= 11 is 6.40. The van der Waals surface area contributed by atoms with Gasteiger partial charge in [-0.05, 0) is 31.7 Å². The molecule has 0 unspecified atom stereocenters. The quantitative estimate of drug-likeness (QED) is 0.881. The van der Waals surface area contributed by atoms with Crippen molar-refractivity contribution in [2.75, 3.05) is 5.32 Å². The van der Waals surface area contributed by atoms with Crippen LogP contribution in [0.15, 0.2) is 18.5 Å². The monoisotopic (exact) mass is 358 g/mol. The highest BCUT2D eigenvalue weighted by Crippen LogP contribution is 2.32. The Bertz CT molecular complexity index is 780. The van der Waals surface area contributed by atoms with Gasteiger partial charge in [0.15, 0.2) is 0 Å². The fraction of sp³-hybridized carbons (Fsp3) is 0.526. The van der Waals surface area contributed by atoms with E-state index in [9.17, 15) is 4.79 Å². The molecule has 3 heterocycles. The molecule has 0 bridgehead atoms. The van der Waals surface area contributed by atoms with Crippen LogP contribution < -0.4 is 5.32 Å². The maximum absolute atomic E-state index is 12.5. The molecule has 1 aliphatic heterocycles. The Balaban J connectivity index is 1.58. The molecule has 25 heavy (non-hydrogen) atoms. The Hall–Kier alpha value is -1.88. The van der Waals surface area contributed by atoms with E-state index in [1.54, 1.807) is 6.20 Å². The first kappa shape index (κ1) is 16.6. The highest BCUT2D eigenvalue weighted by molar-refractivity contribution is 6.33. The summed E-state index contributed by atoms with van der Waals surface area (Å²) in [5, 5.41) is 3.57. The number of carbonyl (C=O) groups excluding carboxylic acids is 1. The second-order valence-corrected chi connectivity index (χ2v) is 7.45. The molecular formula is C19H23ClN4O. The van der Waals surface area contributed by atoms with Crippen molar-refractivity contribution in [1.82, 2.24) is 14.5 Å². The van der Waals surface area contributed by atoms with Crippen molar-refractivity contribution in [3.63, 3.8) is 0 Å². The number of halogens is 1. The highest BCUT2D eigenvalue weighted by Gasteiger charge is 2.22. The third kappa shape index (κ3) is 3.43. The molecule has 132 valence electrons. The van der Waals surface area contributed by atoms with Crippen LogP contribution in [0.1, 0.15) is 50.8 Å². The third-order valence-corrected chi connectivity index (χ3v) is 5.63. The summed E-state index contributed by atoms with van der Waals surface area (Å²) in [5.74, 6) is 1.87. The van der Waals surface area contributed by atoms with Gasteiger partial charge < -0.3 is 9.88 Å². The lowest BCUT2D eigenvalue weighted by Crippen LogP contribution is -2.25. The molecule has 1 aliphatic carbocycles. The van der Waals surface area contributed by atoms with Gasteiger partial charge in [0, 0.05) is 30.6 Å². The molecular weight excluding hydrogens is 336 g/mol. The fourth-order valence-electron chi connectivity index (χ4n) is 3.93. The van der Waals surface area contributed by atoms with Crippen LogP contribution in [0.2, 0.25) is 5.02 Å². The average molecular weight is 359 g/mol. The summed E-state index contributed by atoms with van der Waals surface area (Å²) in [7, 11) is 0. The largest absolute Gasteiger partial charge is 0.328 e. The number of hydrogen-bond acceptors (Lipinski definition) is 3. The van der Waals surface area contributed by atoms with Crippen molar-refractivity contribution in [1.29, 1.82) is 0 Å². The molecule has 0 spiro atoms. The first-order valence-electron chi connectivity index (χ1n) is 9.23. The van der Waals surface area contributed by atoms with E-state index in [1.165, 1.54) is 12.8 Å². The van der Waals surface area contributed by atoms with Crippen molar-refractivity contribution < 1.29 is 4.79 Å². The van der Waals surface area contributed by atoms with E-state index in [2.05, 4.69) is 19.9 Å². The van der Waals surface area contributed by atoms with E-state index in [4.69, 9.17) is 11.6 Å². The average Bonchev–Trinajstić information content (AvgIpc) is 3.08. The van der Waals surface area contributed by atoms with Gasteiger partial charge in [-0.3, -0.25) is 4.79 Å². The predicted octanol–water partition coefficient (Wildman–Crippen LogP) is 4.45. The standard InChI is InChI=1S/C19H23ClN4O/c20-15-11-21-17(23-19(25)13-6-2-1-3-7-13)10-14(15)16-12-22-18-8-4-5-9-24(16)18/h10-13H,1-9H2,(H,21,23,25). The van der Waals surface area contributed by atoms with Crippen LogP contribution in [0.4, 0.5) is 5.82 Å². The van der Waals surface area contributed by atoms with Crippen LogP contribution in [0, 0.1) is 5.92 Å². The van der Waals surface area contributed by atoms with Gasteiger partial charge in [-0.15, -0.1) is 0 Å². The summed E-state index contributed by atoms with van der Waals surface area (Å²) in [6.45, 7) is 0.965. The Morgan fingerprint density at radius 2 is 1.96 bits per heavy atom. The zero-order valence-electron chi connectivity index (χ0n) is 14.3. The zero-order valence-corrected chi connectivity index (χ0v) is 15.1. The SMILES string of the molecule is O=C(Nc1cc(-c2cnc3n2CCCC3)c(Cl)cn1)C1CCCCC1. The van der Waals surface area contributed by atoms with Gasteiger partial charge in [-0.2, -0.15) is 0 Å². The maximum Gasteiger partial charge on any atom is 0.228 e. The summed E-state index contributed by atoms with van der Waals surface area (Å²) in [6, 6.07) is 1.88. The smallest absolute Gasteiger partial charge is 0.228 e. The number of aromatic nitrogens is 3. The van der Waals surface area contributed by atoms with Crippen LogP contribution in [-0.4, -0.2) is 20.4 Å². The predicted molar refractivity (Wildman–Crippen MR) is 98.6 cm³/mol. The maximum atomic E-state index is 12.5. The Morgan fingerprint density at radius 1 is 1.12 bits per heavy atom. The van der Waals surface area contributed by atoms with E-state index in [0.29, 0.717) is 10.8 Å². The lowest BCUT2D eigenvalue weighted by Gasteiger charge is -2.21. The molecule has 1 saturated carbocycles. The number of aryl methyl sites for hydroxylation is 1. The number of nitrogens with zero attached hydrogens (tertiary/aromatic N) is 3. The van der Waals surface area contributed by atoms with E-state index in [-0.39, 0.29) is 11.8 Å². The number of imidazole rings is 1. The molecule has 6 heteroatoms. The van der Waals surface area contributed by atoms with Gasteiger partial charge in [0.05, 0.1) is 16.9 Å². The van der Waals surface area contributed by atoms with Crippen LogP contribution in [0.5, 0.6) is 0 Å². The number of rotatable bonds is 3. The topological polar surface area (TPSA) is 59.8 Å². The van der Waals surface area contributed by atoms with Crippen molar-refractivity contribution in [3.8, 4) is 11.3 Å². The number of amides is 1. The van der Waals surface area contributed by atoms with E-state index < -0.39 is 0 Å². The molecule has 4 rings (SSSR count). The minimum Gasteiger partial charge on any atom is -0.328 e. The first-order valence-corrected chi connectivity index (χ1v) is 9.61. The third-order valence-electron chi connectivity index (χ3n) is 5.33. The fourth-order valence-corrected chi connectivity index (χ4v) is 4.13. The molecule has 0 aromatic carbocycles. The van der Waals surface area contributed by atoms with Crippen molar-refractivity contribution in [2.24, 2.45) is 5.92 Å². The van der Waals surface area contributed by atoms with E-state index in [1.807, 2.05) is 12.3 Å². The number of fused-ring (bicyclic) bond motifs is 1. The van der Waals surface area contributed by atoms with Crippen molar-refractivity contribution in [3.05, 3.63) is 29.3 Å². The molecule has 2 aromatic rings. The molecule has 2 aromatic heterocycles. The number of pyridine rings is 1. The van der Waals surface area contributed by atoms with Gasteiger partial charge >= 0.3 is 0 Å². The van der Waals surface area contributed by atoms with E-state index >= 15 is 0 Å². The van der Waals surface area contributed by atoms with Crippen LogP contribution >= 0.6 is 11.6 Å². The second kappa shape index (κ2) is 7.16. The Labute approximate surface area is 152 Å². The summed E-state index contributed by atoms with van der Waals surface area (Å²) in [5.41, 5.74) is 1.89. The first-order chi connectivity index (χ1) is 12.2. The normalized spacial score (nSPS) is 18.0. The van der Waals surface area contributed by atoms with Crippen molar-refractivity contribution >= 4 is 23.3 Å². The van der Waals surface area contributed by atoms with Gasteiger partial charge in [0.25, 0.3) is 0 Å². The molecule has 0 atom stereocenters. The highest BCUT2D eigenvalue weighted by atomic mass is 35.5. The number of nitrogens with one attached hydrogen (secondary N) is 1. The molecule has 2 aliphatic rings. The number of anilines is 1. The lowest BCUT2D eigenvalue weighted by molar-refractivity contribution is -0.120. The van der Waals surface area contributed by atoms with Gasteiger partial charge in [-0.25, -0.2) is 9.97 Å². The van der Waals surface area contributed by atoms with Gasteiger partial charge in [-0.1, -0.05) is 30.9 Å². The zero-order chi connectivity index (χ0) is 17.2. The Morgan fingerprint density at radius 3 is 2.80 bits per heavy atom. The van der Waals surface area contributed by atoms with Gasteiger partial charge in [0.2, 0.25) is 5.91 Å². The number of carbonyl (C=O) groups is 1. The van der Waals surface area contributed by atoms with Crippen molar-refractivity contribution in [2.45, 2.75) is 57.9 Å². The minimum atomic E-state index is 0.0794. The van der Waals surface area contributed by atoms with Crippen LogP contribution in [0.25, 0.3) is 11.3 Å². The molecule has 0 saturated heterocycles. The molecule has 5 nitrogen and oxygen atoms in total. The number of hydrogen-bond donors (Lipinski definition) is 1. The van der Waals surface area contributed by atoms with Crippen LogP contribution in [-0.2, 0) is 17.8 Å². The van der Waals surface area contributed by atoms with Gasteiger partial charge in [0.1, 0.15) is 11.6 Å². The van der Waals surface area contributed by atoms with Crippen LogP contribution in [0.3, 0.4) is 0 Å². The molecule has 1 amide bonds.